The van der Waals surface area contributed by atoms with Crippen LogP contribution in [0, 0.1) is 0 Å². The Balaban J connectivity index is 1.97. The second-order valence-corrected chi connectivity index (χ2v) is 8.04. The molecule has 2 rings (SSSR count). The molecule has 0 aromatic carbocycles. The maximum atomic E-state index is 12.6. The zero-order valence-corrected chi connectivity index (χ0v) is 16.7. The molecule has 27 heavy (non-hydrogen) atoms. The SMILES string of the molecule is CCC1CNCC(CNC(=O)[C@@H]2CC[C@H](C)N(OS(=O)(=O)O)C(=O)N2C)N1. The molecule has 4 N–H and O–H groups in total. The lowest BCUT2D eigenvalue weighted by Crippen LogP contribution is -2.59. The highest BCUT2D eigenvalue weighted by Gasteiger charge is 2.38. The minimum Gasteiger partial charge on any atom is -0.353 e. The van der Waals surface area contributed by atoms with Crippen LogP contribution in [-0.2, 0) is 19.5 Å². The Morgan fingerprint density at radius 1 is 1.33 bits per heavy atom. The molecule has 2 saturated heterocycles. The van der Waals surface area contributed by atoms with Crippen LogP contribution in [0.5, 0.6) is 0 Å². The van der Waals surface area contributed by atoms with Gasteiger partial charge in [-0.3, -0.25) is 9.35 Å². The normalized spacial score (nSPS) is 30.1. The molecule has 2 aliphatic heterocycles. The van der Waals surface area contributed by atoms with E-state index in [1.54, 1.807) is 6.92 Å². The summed E-state index contributed by atoms with van der Waals surface area (Å²) in [5.41, 5.74) is 0. The molecule has 0 bridgehead atoms. The number of nitrogens with zero attached hydrogens (tertiary/aromatic N) is 2. The van der Waals surface area contributed by atoms with Crippen molar-refractivity contribution in [1.29, 1.82) is 0 Å². The van der Waals surface area contributed by atoms with E-state index in [-0.39, 0.29) is 11.9 Å². The van der Waals surface area contributed by atoms with Crippen LogP contribution < -0.4 is 16.0 Å². The van der Waals surface area contributed by atoms with Crippen molar-refractivity contribution in [2.24, 2.45) is 0 Å². The summed E-state index contributed by atoms with van der Waals surface area (Å²) < 4.78 is 35.2. The molecule has 3 amide bonds. The van der Waals surface area contributed by atoms with Crippen molar-refractivity contribution < 1.29 is 26.8 Å². The Morgan fingerprint density at radius 3 is 2.63 bits per heavy atom. The number of hydroxylamine groups is 2. The van der Waals surface area contributed by atoms with E-state index in [1.807, 2.05) is 0 Å². The van der Waals surface area contributed by atoms with Crippen LogP contribution in [0.2, 0.25) is 0 Å². The number of carbonyl (C=O) groups excluding carboxylic acids is 2. The van der Waals surface area contributed by atoms with Gasteiger partial charge >= 0.3 is 16.4 Å². The van der Waals surface area contributed by atoms with Crippen LogP contribution in [-0.4, -0.2) is 85.7 Å². The third-order valence-corrected chi connectivity index (χ3v) is 5.31. The summed E-state index contributed by atoms with van der Waals surface area (Å²) in [6.45, 7) is 5.72. The highest BCUT2D eigenvalue weighted by atomic mass is 32.3. The van der Waals surface area contributed by atoms with E-state index in [4.69, 9.17) is 4.55 Å². The minimum atomic E-state index is -4.84. The first-order valence-corrected chi connectivity index (χ1v) is 10.5. The number of likely N-dealkylation sites (N-methyl/N-ethyl adjacent to an activating group) is 1. The molecule has 0 aliphatic carbocycles. The topological polar surface area (TPSA) is 140 Å². The fourth-order valence-corrected chi connectivity index (χ4v) is 3.73. The molecule has 156 valence electrons. The van der Waals surface area contributed by atoms with Gasteiger partial charge in [0.25, 0.3) is 0 Å². The van der Waals surface area contributed by atoms with E-state index in [0.717, 1.165) is 24.4 Å². The first kappa shape index (κ1) is 21.8. The standard InChI is InChI=1S/C15H29N5O6S/c1-4-11-7-16-8-12(18-11)9-17-14(21)13-6-5-10(2)20(15(22)19(13)3)26-27(23,24)25/h10-13,16,18H,4-9H2,1-3H3,(H,17,21)(H,23,24,25)/t10-,11?,12?,13-/m0/s1. The molecular formula is C15H29N5O6S. The number of rotatable bonds is 6. The summed E-state index contributed by atoms with van der Waals surface area (Å²) in [4.78, 5) is 26.2. The van der Waals surface area contributed by atoms with Gasteiger partial charge in [0.15, 0.2) is 0 Å². The largest absolute Gasteiger partial charge is 0.418 e. The molecule has 11 nitrogen and oxygen atoms in total. The maximum absolute atomic E-state index is 12.6. The van der Waals surface area contributed by atoms with Gasteiger partial charge in [0, 0.05) is 38.8 Å². The Kier molecular flexibility index (Phi) is 7.40. The summed E-state index contributed by atoms with van der Waals surface area (Å²) in [5, 5.41) is 10.2. The molecule has 0 radical (unpaired) electrons. The Labute approximate surface area is 159 Å². The van der Waals surface area contributed by atoms with Gasteiger partial charge in [0.05, 0.1) is 6.04 Å². The van der Waals surface area contributed by atoms with Gasteiger partial charge < -0.3 is 20.9 Å². The summed E-state index contributed by atoms with van der Waals surface area (Å²) in [7, 11) is -3.44. The third-order valence-electron chi connectivity index (χ3n) is 4.96. The van der Waals surface area contributed by atoms with Crippen LogP contribution in [0.25, 0.3) is 0 Å². The maximum Gasteiger partial charge on any atom is 0.418 e. The average Bonchev–Trinajstić information content (AvgIpc) is 2.71. The van der Waals surface area contributed by atoms with Crippen molar-refractivity contribution in [1.82, 2.24) is 25.9 Å². The molecule has 0 aromatic rings. The summed E-state index contributed by atoms with van der Waals surface area (Å²) in [5.74, 6) is -0.313. The van der Waals surface area contributed by atoms with Gasteiger partial charge in [0.1, 0.15) is 6.04 Å². The first-order valence-electron chi connectivity index (χ1n) is 9.09. The molecule has 2 heterocycles. The monoisotopic (exact) mass is 407 g/mol. The number of piperazine rings is 1. The number of hydrogen-bond acceptors (Lipinski definition) is 7. The van der Waals surface area contributed by atoms with Crippen molar-refractivity contribution in [2.45, 2.75) is 57.3 Å². The van der Waals surface area contributed by atoms with Crippen molar-refractivity contribution in [3.63, 3.8) is 0 Å². The van der Waals surface area contributed by atoms with Gasteiger partial charge in [0.2, 0.25) is 5.91 Å². The van der Waals surface area contributed by atoms with Crippen LogP contribution in [0.1, 0.15) is 33.1 Å². The van der Waals surface area contributed by atoms with Gasteiger partial charge in [-0.2, -0.15) is 13.5 Å². The van der Waals surface area contributed by atoms with Crippen LogP contribution in [0.3, 0.4) is 0 Å². The molecule has 0 spiro atoms. The van der Waals surface area contributed by atoms with Crippen molar-refractivity contribution in [3.8, 4) is 0 Å². The molecule has 2 aliphatic rings. The highest BCUT2D eigenvalue weighted by molar-refractivity contribution is 7.80. The molecule has 2 fully saturated rings. The fourth-order valence-electron chi connectivity index (χ4n) is 3.32. The lowest BCUT2D eigenvalue weighted by atomic mass is 10.1. The highest BCUT2D eigenvalue weighted by Crippen LogP contribution is 2.21. The average molecular weight is 407 g/mol. The lowest BCUT2D eigenvalue weighted by molar-refractivity contribution is -0.125. The molecule has 0 saturated carbocycles. The predicted octanol–water partition coefficient (Wildman–Crippen LogP) is -0.918. The second kappa shape index (κ2) is 9.15. The van der Waals surface area contributed by atoms with Gasteiger partial charge in [-0.15, -0.1) is 4.28 Å². The summed E-state index contributed by atoms with van der Waals surface area (Å²) in [6.07, 6.45) is 1.66. The van der Waals surface area contributed by atoms with Gasteiger partial charge in [-0.1, -0.05) is 6.92 Å². The third kappa shape index (κ3) is 6.01. The number of urea groups is 1. The van der Waals surface area contributed by atoms with Crippen LogP contribution >= 0.6 is 0 Å². The van der Waals surface area contributed by atoms with Crippen LogP contribution in [0.4, 0.5) is 4.79 Å². The zero-order chi connectivity index (χ0) is 20.2. The molecule has 12 heteroatoms. The zero-order valence-electron chi connectivity index (χ0n) is 15.8. The number of amides is 3. The number of nitrogens with one attached hydrogen (secondary N) is 3. The molecule has 2 unspecified atom stereocenters. The predicted molar refractivity (Wildman–Crippen MR) is 97.0 cm³/mol. The van der Waals surface area contributed by atoms with E-state index < -0.39 is 28.5 Å². The lowest BCUT2D eigenvalue weighted by Gasteiger charge is -2.32. The minimum absolute atomic E-state index is 0.0951. The smallest absolute Gasteiger partial charge is 0.353 e. The van der Waals surface area contributed by atoms with Crippen molar-refractivity contribution in [3.05, 3.63) is 0 Å². The first-order chi connectivity index (χ1) is 12.6. The number of hydrogen-bond donors (Lipinski definition) is 4. The summed E-state index contributed by atoms with van der Waals surface area (Å²) >= 11 is 0. The van der Waals surface area contributed by atoms with Gasteiger partial charge in [-0.25, -0.2) is 4.79 Å². The van der Waals surface area contributed by atoms with Gasteiger partial charge in [-0.05, 0) is 26.2 Å². The molecular weight excluding hydrogens is 378 g/mol. The summed E-state index contributed by atoms with van der Waals surface area (Å²) in [6, 6.07) is -1.73. The Hall–Kier alpha value is -1.47. The van der Waals surface area contributed by atoms with E-state index in [0.29, 0.717) is 30.5 Å². The van der Waals surface area contributed by atoms with E-state index in [1.165, 1.54) is 7.05 Å². The quantitative estimate of drug-likeness (QED) is 0.415. The fraction of sp³-hybridized carbons (Fsp3) is 0.867. The van der Waals surface area contributed by atoms with Crippen molar-refractivity contribution >= 4 is 22.3 Å². The van der Waals surface area contributed by atoms with Crippen molar-refractivity contribution in [2.75, 3.05) is 26.7 Å². The number of carbonyl (C=O) groups is 2. The Bertz CT molecular complexity index is 645. The van der Waals surface area contributed by atoms with E-state index in [9.17, 15) is 18.0 Å². The van der Waals surface area contributed by atoms with E-state index in [2.05, 4.69) is 27.2 Å². The second-order valence-electron chi connectivity index (χ2n) is 7.04. The molecule has 0 aromatic heterocycles. The van der Waals surface area contributed by atoms with E-state index >= 15 is 0 Å². The Morgan fingerprint density at radius 2 is 2.00 bits per heavy atom. The molecule has 4 atom stereocenters. The van der Waals surface area contributed by atoms with Crippen LogP contribution in [0.15, 0.2) is 0 Å².